The lowest BCUT2D eigenvalue weighted by Gasteiger charge is -2.05. The van der Waals surface area contributed by atoms with Gasteiger partial charge < -0.3 is 4.57 Å². The minimum Gasteiger partial charge on any atom is -0.357 e. The molecule has 1 heteroatoms. The molecule has 0 amide bonds. The zero-order valence-electron chi connectivity index (χ0n) is 9.57. The Bertz CT molecular complexity index is 435. The summed E-state index contributed by atoms with van der Waals surface area (Å²) in [7, 11) is 2.05. The molecule has 1 heterocycles. The van der Waals surface area contributed by atoms with Crippen molar-refractivity contribution in [3.8, 4) is 11.1 Å². The molecule has 0 aliphatic carbocycles. The van der Waals surface area contributed by atoms with Gasteiger partial charge in [-0.05, 0) is 28.7 Å². The summed E-state index contributed by atoms with van der Waals surface area (Å²) in [5.74, 6) is 0.606. The maximum Gasteiger partial charge on any atom is 0.0110 e. The first-order chi connectivity index (χ1) is 7.16. The third-order valence-corrected chi connectivity index (χ3v) is 2.74. The number of hydrogen-bond acceptors (Lipinski definition) is 0. The molecule has 0 aliphatic rings. The van der Waals surface area contributed by atoms with Gasteiger partial charge in [0.1, 0.15) is 0 Å². The molecule has 0 spiro atoms. The van der Waals surface area contributed by atoms with Crippen LogP contribution in [0.2, 0.25) is 0 Å². The summed E-state index contributed by atoms with van der Waals surface area (Å²) < 4.78 is 2.08. The summed E-state index contributed by atoms with van der Waals surface area (Å²) in [5.41, 5.74) is 3.97. The van der Waals surface area contributed by atoms with Crippen molar-refractivity contribution in [3.63, 3.8) is 0 Å². The third-order valence-electron chi connectivity index (χ3n) is 2.74. The predicted molar refractivity (Wildman–Crippen MR) is 64.9 cm³/mol. The van der Waals surface area contributed by atoms with Gasteiger partial charge in [0.25, 0.3) is 0 Å². The average Bonchev–Trinajstić information content (AvgIpc) is 2.65. The second-order valence-electron chi connectivity index (χ2n) is 4.34. The number of nitrogens with zero attached hydrogens (tertiary/aromatic N) is 1. The van der Waals surface area contributed by atoms with E-state index in [9.17, 15) is 0 Å². The van der Waals surface area contributed by atoms with Crippen molar-refractivity contribution in [3.05, 3.63) is 48.3 Å². The Morgan fingerprint density at radius 3 is 2.07 bits per heavy atom. The van der Waals surface area contributed by atoms with Gasteiger partial charge in [0.05, 0.1) is 0 Å². The molecular weight excluding hydrogens is 182 g/mol. The van der Waals surface area contributed by atoms with Crippen molar-refractivity contribution in [2.75, 3.05) is 0 Å². The van der Waals surface area contributed by atoms with E-state index >= 15 is 0 Å². The van der Waals surface area contributed by atoms with Crippen molar-refractivity contribution >= 4 is 0 Å². The first-order valence-corrected chi connectivity index (χ1v) is 5.39. The fraction of sp³-hybridized carbons (Fsp3) is 0.286. The van der Waals surface area contributed by atoms with Gasteiger partial charge in [-0.1, -0.05) is 38.1 Å². The standard InChI is InChI=1S/C14H17N/c1-11(2)12-4-6-13(7-5-12)14-8-9-15(3)10-14/h4-11H,1-3H3. The van der Waals surface area contributed by atoms with Gasteiger partial charge in [0, 0.05) is 19.4 Å². The zero-order chi connectivity index (χ0) is 10.8. The topological polar surface area (TPSA) is 4.93 Å². The van der Waals surface area contributed by atoms with Gasteiger partial charge in [-0.25, -0.2) is 0 Å². The molecule has 0 saturated carbocycles. The van der Waals surface area contributed by atoms with Crippen LogP contribution in [0.15, 0.2) is 42.7 Å². The Balaban J connectivity index is 2.31. The second kappa shape index (κ2) is 3.93. The van der Waals surface area contributed by atoms with E-state index in [1.807, 2.05) is 7.05 Å². The Hall–Kier alpha value is -1.50. The van der Waals surface area contributed by atoms with E-state index in [-0.39, 0.29) is 0 Å². The Labute approximate surface area is 91.4 Å². The molecule has 1 nitrogen and oxygen atoms in total. The van der Waals surface area contributed by atoms with Gasteiger partial charge in [0.2, 0.25) is 0 Å². The molecule has 0 unspecified atom stereocenters. The van der Waals surface area contributed by atoms with Crippen molar-refractivity contribution in [2.45, 2.75) is 19.8 Å². The van der Waals surface area contributed by atoms with E-state index in [0.29, 0.717) is 5.92 Å². The van der Waals surface area contributed by atoms with Gasteiger partial charge in [0.15, 0.2) is 0 Å². The van der Waals surface area contributed by atoms with Gasteiger partial charge in [-0.15, -0.1) is 0 Å². The molecular formula is C14H17N. The lowest BCUT2D eigenvalue weighted by Crippen LogP contribution is -1.86. The molecule has 0 fully saturated rings. The normalized spacial score (nSPS) is 10.9. The molecule has 0 aliphatic heterocycles. The SMILES string of the molecule is CC(C)c1ccc(-c2ccn(C)c2)cc1. The minimum atomic E-state index is 0.606. The zero-order valence-corrected chi connectivity index (χ0v) is 9.57. The van der Waals surface area contributed by atoms with Crippen molar-refractivity contribution in [1.82, 2.24) is 4.57 Å². The molecule has 15 heavy (non-hydrogen) atoms. The first kappa shape index (κ1) is 10.0. The molecule has 1 aromatic heterocycles. The third kappa shape index (κ3) is 2.12. The number of rotatable bonds is 2. The quantitative estimate of drug-likeness (QED) is 0.693. The van der Waals surface area contributed by atoms with Crippen LogP contribution in [-0.2, 0) is 7.05 Å². The van der Waals surface area contributed by atoms with Crippen LogP contribution in [0.5, 0.6) is 0 Å². The summed E-state index contributed by atoms with van der Waals surface area (Å²) in [4.78, 5) is 0. The smallest absolute Gasteiger partial charge is 0.0110 e. The largest absolute Gasteiger partial charge is 0.357 e. The van der Waals surface area contributed by atoms with Crippen molar-refractivity contribution in [2.24, 2.45) is 7.05 Å². The lowest BCUT2D eigenvalue weighted by atomic mass is 10.00. The molecule has 0 atom stereocenters. The van der Waals surface area contributed by atoms with E-state index in [4.69, 9.17) is 0 Å². The van der Waals surface area contributed by atoms with Gasteiger partial charge in [-0.3, -0.25) is 0 Å². The fourth-order valence-corrected chi connectivity index (χ4v) is 1.73. The van der Waals surface area contributed by atoms with Crippen LogP contribution in [-0.4, -0.2) is 4.57 Å². The van der Waals surface area contributed by atoms with Crippen LogP contribution in [0.25, 0.3) is 11.1 Å². The van der Waals surface area contributed by atoms with E-state index in [1.54, 1.807) is 0 Å². The van der Waals surface area contributed by atoms with E-state index < -0.39 is 0 Å². The van der Waals surface area contributed by atoms with E-state index in [2.05, 4.69) is 61.1 Å². The Morgan fingerprint density at radius 2 is 1.60 bits per heavy atom. The van der Waals surface area contributed by atoms with Crippen LogP contribution in [0.3, 0.4) is 0 Å². The fourth-order valence-electron chi connectivity index (χ4n) is 1.73. The van der Waals surface area contributed by atoms with Crippen LogP contribution >= 0.6 is 0 Å². The number of benzene rings is 1. The van der Waals surface area contributed by atoms with Crippen LogP contribution in [0.4, 0.5) is 0 Å². The second-order valence-corrected chi connectivity index (χ2v) is 4.34. The number of hydrogen-bond donors (Lipinski definition) is 0. The highest BCUT2D eigenvalue weighted by Crippen LogP contribution is 2.22. The summed E-state index contributed by atoms with van der Waals surface area (Å²) >= 11 is 0. The molecule has 78 valence electrons. The van der Waals surface area contributed by atoms with Crippen LogP contribution in [0, 0.1) is 0 Å². The Morgan fingerprint density at radius 1 is 0.933 bits per heavy atom. The Kier molecular flexibility index (Phi) is 2.63. The van der Waals surface area contributed by atoms with Crippen LogP contribution in [0.1, 0.15) is 25.3 Å². The summed E-state index contributed by atoms with van der Waals surface area (Å²) in [6, 6.07) is 11.0. The lowest BCUT2D eigenvalue weighted by molar-refractivity contribution is 0.867. The summed E-state index contributed by atoms with van der Waals surface area (Å²) in [6.07, 6.45) is 4.22. The maximum atomic E-state index is 2.22. The monoisotopic (exact) mass is 199 g/mol. The minimum absolute atomic E-state index is 0.606. The van der Waals surface area contributed by atoms with Crippen molar-refractivity contribution < 1.29 is 0 Å². The van der Waals surface area contributed by atoms with E-state index in [0.717, 1.165) is 0 Å². The average molecular weight is 199 g/mol. The molecule has 1 aromatic carbocycles. The molecule has 0 saturated heterocycles. The van der Waals surface area contributed by atoms with Gasteiger partial charge >= 0.3 is 0 Å². The molecule has 0 N–H and O–H groups in total. The van der Waals surface area contributed by atoms with Crippen LogP contribution < -0.4 is 0 Å². The highest BCUT2D eigenvalue weighted by Gasteiger charge is 2.01. The highest BCUT2D eigenvalue weighted by atomic mass is 14.9. The predicted octanol–water partition coefficient (Wildman–Crippen LogP) is 3.82. The van der Waals surface area contributed by atoms with E-state index in [1.165, 1.54) is 16.7 Å². The molecule has 0 bridgehead atoms. The summed E-state index contributed by atoms with van der Waals surface area (Å²) in [6.45, 7) is 4.44. The first-order valence-electron chi connectivity index (χ1n) is 5.39. The number of aromatic nitrogens is 1. The van der Waals surface area contributed by atoms with Gasteiger partial charge in [-0.2, -0.15) is 0 Å². The summed E-state index contributed by atoms with van der Waals surface area (Å²) in [5, 5.41) is 0. The molecule has 2 rings (SSSR count). The highest BCUT2D eigenvalue weighted by molar-refractivity contribution is 5.63. The van der Waals surface area contributed by atoms with Crippen molar-refractivity contribution in [1.29, 1.82) is 0 Å². The number of aryl methyl sites for hydroxylation is 1. The molecule has 0 radical (unpaired) electrons. The molecule has 2 aromatic rings. The maximum absolute atomic E-state index is 2.22.